The molecule has 8 nitrogen and oxygen atoms in total. The first-order chi connectivity index (χ1) is 18.0. The second-order valence-corrected chi connectivity index (χ2v) is 8.39. The maximum absolute atomic E-state index is 12.2. The normalized spacial score (nSPS) is 11.5. The van der Waals surface area contributed by atoms with E-state index in [-0.39, 0.29) is 13.0 Å². The highest BCUT2D eigenvalue weighted by Crippen LogP contribution is 2.22. The summed E-state index contributed by atoms with van der Waals surface area (Å²) < 4.78 is 17.0. The van der Waals surface area contributed by atoms with Gasteiger partial charge in [0.1, 0.15) is 23.3 Å². The molecule has 4 aromatic rings. The van der Waals surface area contributed by atoms with Gasteiger partial charge in [-0.25, -0.2) is 9.78 Å². The summed E-state index contributed by atoms with van der Waals surface area (Å²) in [6.45, 7) is 2.03. The van der Waals surface area contributed by atoms with E-state index in [0.29, 0.717) is 30.4 Å². The van der Waals surface area contributed by atoms with Gasteiger partial charge >= 0.3 is 5.97 Å². The van der Waals surface area contributed by atoms with Crippen molar-refractivity contribution in [3.63, 3.8) is 0 Å². The van der Waals surface area contributed by atoms with Crippen LogP contribution >= 0.6 is 0 Å². The number of amides is 1. The van der Waals surface area contributed by atoms with Gasteiger partial charge in [-0.2, -0.15) is 0 Å². The van der Waals surface area contributed by atoms with E-state index in [4.69, 9.17) is 13.9 Å². The van der Waals surface area contributed by atoms with Crippen molar-refractivity contribution in [2.24, 2.45) is 0 Å². The van der Waals surface area contributed by atoms with Gasteiger partial charge in [-0.05, 0) is 48.9 Å². The average molecular weight is 501 g/mol. The molecule has 0 aliphatic rings. The Hall–Kier alpha value is -4.59. The van der Waals surface area contributed by atoms with Crippen molar-refractivity contribution in [2.45, 2.75) is 25.8 Å². The topological polar surface area (TPSA) is 111 Å². The highest BCUT2D eigenvalue weighted by molar-refractivity contribution is 5.84. The first-order valence-electron chi connectivity index (χ1n) is 11.9. The smallest absolute Gasteiger partial charge is 0.326 e. The molecule has 0 fully saturated rings. The van der Waals surface area contributed by atoms with Crippen LogP contribution in [0.5, 0.6) is 11.5 Å². The Bertz CT molecular complexity index is 1300. The SMILES string of the molecule is Cc1oc(-c2ccccc2)nc1CCOc1ccc(C[C@H](NC(=O)COc2ccccc2)C(=O)O)cc1. The van der Waals surface area contributed by atoms with Gasteiger partial charge in [0.05, 0.1) is 12.3 Å². The van der Waals surface area contributed by atoms with Crippen LogP contribution in [-0.2, 0) is 22.4 Å². The minimum absolute atomic E-state index is 0.132. The lowest BCUT2D eigenvalue weighted by Gasteiger charge is -2.15. The molecule has 3 aromatic carbocycles. The van der Waals surface area contributed by atoms with Crippen molar-refractivity contribution in [2.75, 3.05) is 13.2 Å². The molecule has 0 aliphatic heterocycles. The predicted octanol–water partition coefficient (Wildman–Crippen LogP) is 4.46. The van der Waals surface area contributed by atoms with E-state index in [0.717, 1.165) is 22.6 Å². The van der Waals surface area contributed by atoms with Crippen LogP contribution in [0.2, 0.25) is 0 Å². The number of rotatable bonds is 12. The Labute approximate surface area is 214 Å². The van der Waals surface area contributed by atoms with Crippen LogP contribution in [0, 0.1) is 6.92 Å². The monoisotopic (exact) mass is 500 g/mol. The fourth-order valence-corrected chi connectivity index (χ4v) is 3.69. The molecule has 0 saturated carbocycles. The van der Waals surface area contributed by atoms with E-state index in [2.05, 4.69) is 10.3 Å². The number of nitrogens with one attached hydrogen (secondary N) is 1. The Kier molecular flexibility index (Phi) is 8.54. The quantitative estimate of drug-likeness (QED) is 0.295. The number of aryl methyl sites for hydroxylation is 1. The predicted molar refractivity (Wildman–Crippen MR) is 138 cm³/mol. The lowest BCUT2D eigenvalue weighted by Crippen LogP contribution is -2.44. The zero-order chi connectivity index (χ0) is 26.0. The molecule has 1 amide bonds. The lowest BCUT2D eigenvalue weighted by molar-refractivity contribution is -0.142. The first kappa shape index (κ1) is 25.5. The van der Waals surface area contributed by atoms with E-state index in [1.54, 1.807) is 48.5 Å². The van der Waals surface area contributed by atoms with Crippen molar-refractivity contribution in [1.82, 2.24) is 10.3 Å². The molecule has 8 heteroatoms. The maximum atomic E-state index is 12.2. The molecule has 37 heavy (non-hydrogen) atoms. The third-order valence-corrected chi connectivity index (χ3v) is 5.63. The maximum Gasteiger partial charge on any atom is 0.326 e. The summed E-state index contributed by atoms with van der Waals surface area (Å²) in [6.07, 6.45) is 0.717. The molecule has 0 saturated heterocycles. The molecule has 4 rings (SSSR count). The number of oxazole rings is 1. The minimum Gasteiger partial charge on any atom is -0.493 e. The van der Waals surface area contributed by atoms with Gasteiger partial charge < -0.3 is 24.3 Å². The lowest BCUT2D eigenvalue weighted by atomic mass is 10.1. The molecule has 1 aromatic heterocycles. The number of carbonyl (C=O) groups is 2. The van der Waals surface area contributed by atoms with Crippen molar-refractivity contribution in [3.05, 3.63) is 102 Å². The molecule has 0 radical (unpaired) electrons. The molecule has 0 bridgehead atoms. The second kappa shape index (κ2) is 12.4. The van der Waals surface area contributed by atoms with Crippen molar-refractivity contribution >= 4 is 11.9 Å². The van der Waals surface area contributed by atoms with Crippen LogP contribution in [0.15, 0.2) is 89.3 Å². The molecule has 0 spiro atoms. The summed E-state index contributed by atoms with van der Waals surface area (Å²) in [6, 6.07) is 24.6. The van der Waals surface area contributed by atoms with E-state index < -0.39 is 17.9 Å². The number of para-hydroxylation sites is 1. The minimum atomic E-state index is -1.12. The summed E-state index contributed by atoms with van der Waals surface area (Å²) >= 11 is 0. The number of carbonyl (C=O) groups excluding carboxylic acids is 1. The molecule has 1 atom stereocenters. The van der Waals surface area contributed by atoms with Gasteiger partial charge in [-0.15, -0.1) is 0 Å². The summed E-state index contributed by atoms with van der Waals surface area (Å²) in [5.41, 5.74) is 2.52. The van der Waals surface area contributed by atoms with Crippen LogP contribution in [0.3, 0.4) is 0 Å². The standard InChI is InChI=1S/C29H28N2O6/c1-20-25(31-28(37-20)22-8-4-2-5-9-22)16-17-35-24-14-12-21(13-15-24)18-26(29(33)34)30-27(32)19-36-23-10-6-3-7-11-23/h2-15,26H,16-19H2,1H3,(H,30,32)(H,33,34)/t26-/m0/s1. The van der Waals surface area contributed by atoms with Crippen molar-refractivity contribution in [1.29, 1.82) is 0 Å². The average Bonchev–Trinajstić information content (AvgIpc) is 3.29. The number of aromatic nitrogens is 1. The number of aliphatic carboxylic acids is 1. The van der Waals surface area contributed by atoms with Crippen LogP contribution in [0.4, 0.5) is 0 Å². The van der Waals surface area contributed by atoms with E-state index in [9.17, 15) is 14.7 Å². The zero-order valence-corrected chi connectivity index (χ0v) is 20.4. The molecule has 0 unspecified atom stereocenters. The van der Waals surface area contributed by atoms with Gasteiger partial charge in [-0.3, -0.25) is 4.79 Å². The van der Waals surface area contributed by atoms with Crippen molar-refractivity contribution < 1.29 is 28.6 Å². The molecular formula is C29H28N2O6. The molecule has 190 valence electrons. The highest BCUT2D eigenvalue weighted by Gasteiger charge is 2.21. The summed E-state index contributed by atoms with van der Waals surface area (Å²) in [5.74, 6) is 0.912. The number of nitrogens with zero attached hydrogens (tertiary/aromatic N) is 1. The summed E-state index contributed by atoms with van der Waals surface area (Å²) in [4.78, 5) is 28.5. The van der Waals surface area contributed by atoms with Crippen LogP contribution in [0.1, 0.15) is 17.0 Å². The largest absolute Gasteiger partial charge is 0.493 e. The van der Waals surface area contributed by atoms with Gasteiger partial charge in [0, 0.05) is 18.4 Å². The fraction of sp³-hybridized carbons (Fsp3) is 0.207. The zero-order valence-electron chi connectivity index (χ0n) is 20.4. The summed E-state index contributed by atoms with van der Waals surface area (Å²) in [5, 5.41) is 12.1. The van der Waals surface area contributed by atoms with Gasteiger partial charge in [0.2, 0.25) is 5.89 Å². The van der Waals surface area contributed by atoms with Gasteiger partial charge in [0.15, 0.2) is 6.61 Å². The highest BCUT2D eigenvalue weighted by atomic mass is 16.5. The summed E-state index contributed by atoms with van der Waals surface area (Å²) in [7, 11) is 0. The Morgan fingerprint density at radius 1 is 0.919 bits per heavy atom. The van der Waals surface area contributed by atoms with Crippen LogP contribution in [0.25, 0.3) is 11.5 Å². The van der Waals surface area contributed by atoms with E-state index in [1.807, 2.05) is 43.3 Å². The van der Waals surface area contributed by atoms with E-state index in [1.165, 1.54) is 0 Å². The number of ether oxygens (including phenoxy) is 2. The number of carboxylic acids is 1. The third-order valence-electron chi connectivity index (χ3n) is 5.63. The molecular weight excluding hydrogens is 472 g/mol. The molecule has 1 heterocycles. The van der Waals surface area contributed by atoms with E-state index >= 15 is 0 Å². The van der Waals surface area contributed by atoms with Crippen molar-refractivity contribution in [3.8, 4) is 23.0 Å². The Morgan fingerprint density at radius 2 is 1.57 bits per heavy atom. The van der Waals surface area contributed by atoms with Crippen LogP contribution < -0.4 is 14.8 Å². The first-order valence-corrected chi connectivity index (χ1v) is 11.9. The fourth-order valence-electron chi connectivity index (χ4n) is 3.69. The van der Waals surface area contributed by atoms with Gasteiger partial charge in [0.25, 0.3) is 5.91 Å². The number of carboxylic acid groups (broad SMARTS) is 1. The Balaban J connectivity index is 1.25. The second-order valence-electron chi connectivity index (χ2n) is 8.39. The number of hydrogen-bond acceptors (Lipinski definition) is 6. The van der Waals surface area contributed by atoms with Gasteiger partial charge in [-0.1, -0.05) is 48.5 Å². The number of benzene rings is 3. The Morgan fingerprint density at radius 3 is 2.24 bits per heavy atom. The molecule has 0 aliphatic carbocycles. The third kappa shape index (κ3) is 7.44. The van der Waals surface area contributed by atoms with Crippen LogP contribution in [-0.4, -0.2) is 41.2 Å². The number of hydrogen-bond donors (Lipinski definition) is 2. The molecule has 2 N–H and O–H groups in total.